The van der Waals surface area contributed by atoms with Crippen LogP contribution in [0.15, 0.2) is 72.3 Å². The molecule has 0 radical (unpaired) electrons. The fourth-order valence-corrected chi connectivity index (χ4v) is 4.85. The molecule has 1 N–H and O–H groups in total. The first-order chi connectivity index (χ1) is 17.3. The Kier molecular flexibility index (Phi) is 7.57. The summed E-state index contributed by atoms with van der Waals surface area (Å²) in [6.45, 7) is 5.82. The van der Waals surface area contributed by atoms with Crippen molar-refractivity contribution in [2.75, 3.05) is 30.0 Å². The normalized spacial score (nSPS) is 16.9. The van der Waals surface area contributed by atoms with Gasteiger partial charge >= 0.3 is 0 Å². The zero-order chi connectivity index (χ0) is 26.0. The van der Waals surface area contributed by atoms with E-state index in [0.717, 1.165) is 18.8 Å². The Hall–Kier alpha value is -3.48. The Morgan fingerprint density at radius 1 is 1.00 bits per heavy atom. The molecule has 1 heterocycles. The quantitative estimate of drug-likeness (QED) is 0.217. The van der Waals surface area contributed by atoms with E-state index in [2.05, 4.69) is 18.7 Å². The topological polar surface area (TPSA) is 70.1 Å². The van der Waals surface area contributed by atoms with Gasteiger partial charge in [0.15, 0.2) is 0 Å². The zero-order valence-corrected chi connectivity index (χ0v) is 21.7. The smallest absolute Gasteiger partial charge is 0.300 e. The van der Waals surface area contributed by atoms with Gasteiger partial charge < -0.3 is 14.7 Å². The third-order valence-corrected chi connectivity index (χ3v) is 6.86. The average Bonchev–Trinajstić information content (AvgIpc) is 3.15. The largest absolute Gasteiger partial charge is 0.507 e. The molecule has 1 saturated heterocycles. The van der Waals surface area contributed by atoms with Crippen LogP contribution in [-0.2, 0) is 9.59 Å². The van der Waals surface area contributed by atoms with Crippen LogP contribution >= 0.6 is 23.2 Å². The molecular weight excluding hydrogens is 499 g/mol. The molecule has 0 bridgehead atoms. The number of methoxy groups -OCH3 is 1. The van der Waals surface area contributed by atoms with Crippen LogP contribution in [0, 0.1) is 0 Å². The van der Waals surface area contributed by atoms with Gasteiger partial charge in [0, 0.05) is 35.1 Å². The second kappa shape index (κ2) is 10.6. The molecule has 1 aliphatic heterocycles. The van der Waals surface area contributed by atoms with Crippen LogP contribution < -0.4 is 14.5 Å². The Morgan fingerprint density at radius 2 is 1.69 bits per heavy atom. The molecule has 3 aromatic rings. The van der Waals surface area contributed by atoms with Gasteiger partial charge in [-0.25, -0.2) is 0 Å². The average molecular weight is 525 g/mol. The number of aliphatic hydroxyl groups excluding tert-OH is 1. The van der Waals surface area contributed by atoms with Crippen LogP contribution in [-0.4, -0.2) is 37.0 Å². The van der Waals surface area contributed by atoms with Crippen molar-refractivity contribution < 1.29 is 19.4 Å². The lowest BCUT2D eigenvalue weighted by Crippen LogP contribution is -2.29. The van der Waals surface area contributed by atoms with Gasteiger partial charge in [-0.2, -0.15) is 0 Å². The van der Waals surface area contributed by atoms with Crippen molar-refractivity contribution in [2.45, 2.75) is 19.9 Å². The fraction of sp³-hybridized carbons (Fsp3) is 0.214. The second-order valence-electron chi connectivity index (χ2n) is 8.26. The van der Waals surface area contributed by atoms with Crippen LogP contribution in [0.5, 0.6) is 5.75 Å². The van der Waals surface area contributed by atoms with Crippen molar-refractivity contribution in [3.63, 3.8) is 0 Å². The van der Waals surface area contributed by atoms with Crippen molar-refractivity contribution in [1.82, 2.24) is 0 Å². The highest BCUT2D eigenvalue weighted by atomic mass is 35.5. The number of halogens is 2. The SMILES string of the molecule is CCN(CC)c1ccc(C2/C(=C(\O)c3cc(OC)ccc3Cl)C(=O)C(=O)N2c2cccc(Cl)c2)cc1. The number of hydrogen-bond acceptors (Lipinski definition) is 5. The predicted molar refractivity (Wildman–Crippen MR) is 144 cm³/mol. The number of carbonyl (C=O) groups excluding carboxylic acids is 2. The molecule has 1 aliphatic rings. The van der Waals surface area contributed by atoms with E-state index in [0.29, 0.717) is 22.0 Å². The number of amides is 1. The van der Waals surface area contributed by atoms with E-state index in [-0.39, 0.29) is 21.9 Å². The Bertz CT molecular complexity index is 1330. The van der Waals surface area contributed by atoms with Crippen LogP contribution in [0.1, 0.15) is 31.0 Å². The summed E-state index contributed by atoms with van der Waals surface area (Å²) in [5, 5.41) is 12.0. The summed E-state index contributed by atoms with van der Waals surface area (Å²) in [5.74, 6) is -1.51. The number of ketones is 1. The minimum absolute atomic E-state index is 0.0642. The predicted octanol–water partition coefficient (Wildman–Crippen LogP) is 6.47. The Balaban J connectivity index is 1.93. The van der Waals surface area contributed by atoms with E-state index in [4.69, 9.17) is 27.9 Å². The lowest BCUT2D eigenvalue weighted by atomic mass is 9.94. The minimum Gasteiger partial charge on any atom is -0.507 e. The molecule has 36 heavy (non-hydrogen) atoms. The third kappa shape index (κ3) is 4.66. The first kappa shape index (κ1) is 25.6. The van der Waals surface area contributed by atoms with Crippen molar-refractivity contribution >= 4 is 52.0 Å². The number of anilines is 2. The minimum atomic E-state index is -0.892. The maximum Gasteiger partial charge on any atom is 0.300 e. The highest BCUT2D eigenvalue weighted by Crippen LogP contribution is 2.44. The summed E-state index contributed by atoms with van der Waals surface area (Å²) < 4.78 is 5.27. The van der Waals surface area contributed by atoms with Gasteiger partial charge in [-0.15, -0.1) is 0 Å². The maximum atomic E-state index is 13.4. The summed E-state index contributed by atoms with van der Waals surface area (Å²) in [6.07, 6.45) is 0. The van der Waals surface area contributed by atoms with Crippen LogP contribution in [0.2, 0.25) is 10.0 Å². The molecule has 0 aromatic heterocycles. The Labute approximate surface area is 220 Å². The Morgan fingerprint density at radius 3 is 2.31 bits per heavy atom. The molecule has 1 fully saturated rings. The molecule has 6 nitrogen and oxygen atoms in total. The standard InChI is InChI=1S/C28H26Cl2N2O4/c1-4-31(5-2)19-11-9-17(10-12-19)25-24(26(33)22-16-21(36-3)13-14-23(22)30)27(34)28(35)32(25)20-8-6-7-18(29)15-20/h6-16,25,33H,4-5H2,1-3H3/b26-24+. The van der Waals surface area contributed by atoms with Gasteiger partial charge in [0.2, 0.25) is 0 Å². The van der Waals surface area contributed by atoms with Gasteiger partial charge in [0.05, 0.1) is 23.7 Å². The van der Waals surface area contributed by atoms with E-state index in [1.165, 1.54) is 18.1 Å². The van der Waals surface area contributed by atoms with E-state index in [9.17, 15) is 14.7 Å². The molecule has 1 atom stereocenters. The highest BCUT2D eigenvalue weighted by Gasteiger charge is 2.47. The van der Waals surface area contributed by atoms with Crippen molar-refractivity contribution in [1.29, 1.82) is 0 Å². The number of nitrogens with zero attached hydrogens (tertiary/aromatic N) is 2. The molecule has 1 amide bonds. The van der Waals surface area contributed by atoms with Crippen molar-refractivity contribution in [3.8, 4) is 5.75 Å². The number of Topliss-reactive ketones (excluding diaryl/α,β-unsaturated/α-hetero) is 1. The second-order valence-corrected chi connectivity index (χ2v) is 9.10. The number of rotatable bonds is 7. The van der Waals surface area contributed by atoms with Gasteiger partial charge in [-0.05, 0) is 67.9 Å². The lowest BCUT2D eigenvalue weighted by molar-refractivity contribution is -0.132. The van der Waals surface area contributed by atoms with E-state index >= 15 is 0 Å². The number of hydrogen-bond donors (Lipinski definition) is 1. The molecule has 0 aliphatic carbocycles. The van der Waals surface area contributed by atoms with E-state index in [1.54, 1.807) is 36.4 Å². The zero-order valence-electron chi connectivity index (χ0n) is 20.2. The number of benzene rings is 3. The van der Waals surface area contributed by atoms with Gasteiger partial charge in [-0.1, -0.05) is 41.4 Å². The van der Waals surface area contributed by atoms with Gasteiger partial charge in [0.25, 0.3) is 11.7 Å². The number of aliphatic hydroxyl groups is 1. The summed E-state index contributed by atoms with van der Waals surface area (Å²) >= 11 is 12.6. The van der Waals surface area contributed by atoms with Crippen LogP contribution in [0.3, 0.4) is 0 Å². The number of ether oxygens (including phenoxy) is 1. The summed E-state index contributed by atoms with van der Waals surface area (Å²) in [5.41, 5.74) is 2.25. The lowest BCUT2D eigenvalue weighted by Gasteiger charge is -2.27. The molecule has 1 unspecified atom stereocenters. The van der Waals surface area contributed by atoms with Gasteiger partial charge in [-0.3, -0.25) is 14.5 Å². The summed E-state index contributed by atoms with van der Waals surface area (Å²) in [4.78, 5) is 30.3. The van der Waals surface area contributed by atoms with Crippen molar-refractivity contribution in [3.05, 3.63) is 93.5 Å². The molecular formula is C28H26Cl2N2O4. The fourth-order valence-electron chi connectivity index (χ4n) is 4.45. The highest BCUT2D eigenvalue weighted by molar-refractivity contribution is 6.52. The molecule has 0 spiro atoms. The molecule has 0 saturated carbocycles. The van der Waals surface area contributed by atoms with Gasteiger partial charge in [0.1, 0.15) is 11.5 Å². The van der Waals surface area contributed by atoms with Crippen LogP contribution in [0.25, 0.3) is 5.76 Å². The van der Waals surface area contributed by atoms with Crippen LogP contribution in [0.4, 0.5) is 11.4 Å². The first-order valence-corrected chi connectivity index (χ1v) is 12.3. The third-order valence-electron chi connectivity index (χ3n) is 6.30. The van der Waals surface area contributed by atoms with Crippen molar-refractivity contribution in [2.24, 2.45) is 0 Å². The molecule has 186 valence electrons. The number of carbonyl (C=O) groups is 2. The van der Waals surface area contributed by atoms with E-state index < -0.39 is 17.7 Å². The van der Waals surface area contributed by atoms with E-state index in [1.807, 2.05) is 24.3 Å². The molecule has 8 heteroatoms. The summed E-state index contributed by atoms with van der Waals surface area (Å²) in [6, 6.07) is 18.2. The maximum absolute atomic E-state index is 13.4. The summed E-state index contributed by atoms with van der Waals surface area (Å²) in [7, 11) is 1.49. The monoisotopic (exact) mass is 524 g/mol. The molecule has 4 rings (SSSR count). The first-order valence-electron chi connectivity index (χ1n) is 11.6. The molecule has 3 aromatic carbocycles.